The predicted molar refractivity (Wildman–Crippen MR) is 138 cm³/mol. The quantitative estimate of drug-likeness (QED) is 0.428. The Balaban J connectivity index is 1.32. The lowest BCUT2D eigenvalue weighted by molar-refractivity contribution is -0.143. The Morgan fingerprint density at radius 3 is 2.33 bits per heavy atom. The SMILES string of the molecule is NC(=O)C1(C(=O)N[C@H](Cc2ccccc2)C(=O)NC2CCN(CCC3CCOCC3)CC2)CCCC1. The van der Waals surface area contributed by atoms with Gasteiger partial charge in [-0.25, -0.2) is 0 Å². The van der Waals surface area contributed by atoms with Gasteiger partial charge in [-0.2, -0.15) is 0 Å². The van der Waals surface area contributed by atoms with E-state index in [0.717, 1.165) is 82.9 Å². The van der Waals surface area contributed by atoms with Crippen molar-refractivity contribution in [3.63, 3.8) is 0 Å². The summed E-state index contributed by atoms with van der Waals surface area (Å²) in [5.41, 5.74) is 5.42. The molecule has 1 aliphatic carbocycles. The second kappa shape index (κ2) is 12.7. The molecule has 0 spiro atoms. The van der Waals surface area contributed by atoms with Crippen LogP contribution < -0.4 is 16.4 Å². The number of nitrogens with one attached hydrogen (secondary N) is 2. The van der Waals surface area contributed by atoms with Crippen molar-refractivity contribution in [1.82, 2.24) is 15.5 Å². The molecule has 36 heavy (non-hydrogen) atoms. The van der Waals surface area contributed by atoms with Crippen molar-refractivity contribution in [2.24, 2.45) is 17.1 Å². The zero-order valence-corrected chi connectivity index (χ0v) is 21.4. The molecule has 2 saturated heterocycles. The first-order valence-corrected chi connectivity index (χ1v) is 13.7. The van der Waals surface area contributed by atoms with Crippen molar-refractivity contribution in [1.29, 1.82) is 0 Å². The smallest absolute Gasteiger partial charge is 0.243 e. The van der Waals surface area contributed by atoms with E-state index in [2.05, 4.69) is 15.5 Å². The number of amides is 3. The molecule has 0 radical (unpaired) electrons. The number of rotatable bonds is 10. The maximum absolute atomic E-state index is 13.4. The van der Waals surface area contributed by atoms with Gasteiger partial charge < -0.3 is 26.0 Å². The lowest BCUT2D eigenvalue weighted by Gasteiger charge is -2.34. The fourth-order valence-corrected chi connectivity index (χ4v) is 5.92. The largest absolute Gasteiger partial charge is 0.381 e. The number of carbonyl (C=O) groups excluding carboxylic acids is 3. The van der Waals surface area contributed by atoms with Gasteiger partial charge in [0.1, 0.15) is 11.5 Å². The molecule has 0 aromatic heterocycles. The summed E-state index contributed by atoms with van der Waals surface area (Å²) in [6.45, 7) is 4.82. The topological polar surface area (TPSA) is 114 Å². The predicted octanol–water partition coefficient (Wildman–Crippen LogP) is 2.16. The average Bonchev–Trinajstić information content (AvgIpc) is 3.41. The van der Waals surface area contributed by atoms with Gasteiger partial charge >= 0.3 is 0 Å². The number of benzene rings is 1. The third-order valence-corrected chi connectivity index (χ3v) is 8.40. The maximum Gasteiger partial charge on any atom is 0.243 e. The van der Waals surface area contributed by atoms with E-state index in [1.165, 1.54) is 6.42 Å². The van der Waals surface area contributed by atoms with Crippen LogP contribution in [-0.2, 0) is 25.5 Å². The second-order valence-electron chi connectivity index (χ2n) is 10.8. The number of primary amides is 1. The number of hydrogen-bond donors (Lipinski definition) is 3. The molecule has 2 heterocycles. The summed E-state index contributed by atoms with van der Waals surface area (Å²) >= 11 is 0. The molecule has 8 heteroatoms. The van der Waals surface area contributed by atoms with Crippen LogP contribution in [0.4, 0.5) is 0 Å². The van der Waals surface area contributed by atoms with Crippen LogP contribution in [0.25, 0.3) is 0 Å². The minimum Gasteiger partial charge on any atom is -0.381 e. The van der Waals surface area contributed by atoms with Crippen LogP contribution in [0.15, 0.2) is 30.3 Å². The highest BCUT2D eigenvalue weighted by Gasteiger charge is 2.47. The number of carbonyl (C=O) groups is 3. The van der Waals surface area contributed by atoms with Gasteiger partial charge in [0.2, 0.25) is 17.7 Å². The van der Waals surface area contributed by atoms with Crippen LogP contribution in [0.5, 0.6) is 0 Å². The molecule has 1 atom stereocenters. The Kier molecular flexibility index (Phi) is 9.37. The number of hydrogen-bond acceptors (Lipinski definition) is 5. The van der Waals surface area contributed by atoms with Gasteiger partial charge in [-0.15, -0.1) is 0 Å². The fraction of sp³-hybridized carbons (Fsp3) is 0.679. The van der Waals surface area contributed by atoms with Gasteiger partial charge in [0, 0.05) is 38.8 Å². The van der Waals surface area contributed by atoms with Crippen LogP contribution in [0, 0.1) is 11.3 Å². The molecule has 8 nitrogen and oxygen atoms in total. The molecule has 0 bridgehead atoms. The molecular formula is C28H42N4O4. The first kappa shape index (κ1) is 26.6. The van der Waals surface area contributed by atoms with Gasteiger partial charge in [-0.3, -0.25) is 14.4 Å². The Bertz CT molecular complexity index is 873. The van der Waals surface area contributed by atoms with Crippen molar-refractivity contribution in [2.75, 3.05) is 32.8 Å². The number of likely N-dealkylation sites (tertiary alicyclic amines) is 1. The number of nitrogens with two attached hydrogens (primary N) is 1. The zero-order chi connectivity index (χ0) is 25.4. The molecule has 2 aliphatic heterocycles. The standard InChI is InChI=1S/C28H42N4O4/c29-26(34)28(13-4-5-14-28)27(35)31-24(20-22-6-2-1-3-7-22)25(33)30-23-9-16-32(17-10-23)15-8-21-11-18-36-19-12-21/h1-3,6-7,21,23-24H,4-5,8-20H2,(H2,29,34)(H,30,33)(H,31,35)/t24-/m1/s1. The minimum absolute atomic E-state index is 0.0867. The molecule has 4 rings (SSSR count). The second-order valence-corrected chi connectivity index (χ2v) is 10.8. The summed E-state index contributed by atoms with van der Waals surface area (Å²) in [5, 5.41) is 6.10. The van der Waals surface area contributed by atoms with Crippen molar-refractivity contribution in [3.8, 4) is 0 Å². The van der Waals surface area contributed by atoms with Gasteiger partial charge in [0.25, 0.3) is 0 Å². The van der Waals surface area contributed by atoms with E-state index in [9.17, 15) is 14.4 Å². The molecule has 1 aromatic rings. The van der Waals surface area contributed by atoms with Crippen LogP contribution in [0.3, 0.4) is 0 Å². The fourth-order valence-electron chi connectivity index (χ4n) is 5.92. The third kappa shape index (κ3) is 6.85. The van der Waals surface area contributed by atoms with Gasteiger partial charge in [0.05, 0.1) is 0 Å². The van der Waals surface area contributed by atoms with Gasteiger partial charge in [0.15, 0.2) is 0 Å². The molecule has 198 valence electrons. The summed E-state index contributed by atoms with van der Waals surface area (Å²) in [6, 6.07) is 9.00. The molecule has 0 unspecified atom stereocenters. The minimum atomic E-state index is -1.20. The summed E-state index contributed by atoms with van der Waals surface area (Å²) in [7, 11) is 0. The highest BCUT2D eigenvalue weighted by Crippen LogP contribution is 2.38. The van der Waals surface area contributed by atoms with Crippen molar-refractivity contribution in [3.05, 3.63) is 35.9 Å². The van der Waals surface area contributed by atoms with E-state index in [0.29, 0.717) is 19.3 Å². The zero-order valence-electron chi connectivity index (χ0n) is 21.4. The highest BCUT2D eigenvalue weighted by molar-refractivity contribution is 6.05. The summed E-state index contributed by atoms with van der Waals surface area (Å²) in [6.07, 6.45) is 8.19. The van der Waals surface area contributed by atoms with Crippen LogP contribution in [0.2, 0.25) is 0 Å². The maximum atomic E-state index is 13.4. The van der Waals surface area contributed by atoms with E-state index < -0.39 is 23.3 Å². The summed E-state index contributed by atoms with van der Waals surface area (Å²) in [5.74, 6) is -0.427. The van der Waals surface area contributed by atoms with E-state index >= 15 is 0 Å². The Morgan fingerprint density at radius 1 is 1.03 bits per heavy atom. The van der Waals surface area contributed by atoms with Crippen molar-refractivity contribution in [2.45, 2.75) is 76.3 Å². The molecule has 1 aromatic carbocycles. The summed E-state index contributed by atoms with van der Waals surface area (Å²) in [4.78, 5) is 41.4. The first-order valence-electron chi connectivity index (χ1n) is 13.7. The molecule has 3 fully saturated rings. The van der Waals surface area contributed by atoms with Crippen LogP contribution in [0.1, 0.15) is 63.4 Å². The lowest BCUT2D eigenvalue weighted by Crippen LogP contribution is -2.57. The summed E-state index contributed by atoms with van der Waals surface area (Å²) < 4.78 is 5.47. The van der Waals surface area contributed by atoms with E-state index in [4.69, 9.17) is 10.5 Å². The highest BCUT2D eigenvalue weighted by atomic mass is 16.5. The Hall–Kier alpha value is -2.45. The third-order valence-electron chi connectivity index (χ3n) is 8.40. The van der Waals surface area contributed by atoms with E-state index in [1.54, 1.807) is 0 Å². The van der Waals surface area contributed by atoms with Gasteiger partial charge in [-0.1, -0.05) is 43.2 Å². The van der Waals surface area contributed by atoms with Gasteiger partial charge in [-0.05, 0) is 63.0 Å². The molecule has 4 N–H and O–H groups in total. The van der Waals surface area contributed by atoms with Crippen LogP contribution >= 0.6 is 0 Å². The Labute approximate surface area is 214 Å². The molecule has 3 aliphatic rings. The normalized spacial score (nSPS) is 22.1. The molecular weight excluding hydrogens is 456 g/mol. The lowest BCUT2D eigenvalue weighted by atomic mass is 9.84. The molecule has 1 saturated carbocycles. The van der Waals surface area contributed by atoms with Crippen molar-refractivity contribution >= 4 is 17.7 Å². The monoisotopic (exact) mass is 498 g/mol. The Morgan fingerprint density at radius 2 is 1.69 bits per heavy atom. The van der Waals surface area contributed by atoms with Crippen LogP contribution in [-0.4, -0.2) is 67.6 Å². The molecule has 3 amide bonds. The number of piperidine rings is 1. The number of nitrogens with zero attached hydrogens (tertiary/aromatic N) is 1. The number of ether oxygens (including phenoxy) is 1. The van der Waals surface area contributed by atoms with E-state index in [1.807, 2.05) is 30.3 Å². The van der Waals surface area contributed by atoms with E-state index in [-0.39, 0.29) is 11.9 Å². The first-order chi connectivity index (χ1) is 17.5. The average molecular weight is 499 g/mol. The van der Waals surface area contributed by atoms with Crippen molar-refractivity contribution < 1.29 is 19.1 Å².